The Kier molecular flexibility index (Phi) is 4.68. The molecule has 2 N–H and O–H groups in total. The van der Waals surface area contributed by atoms with Crippen LogP contribution >= 0.6 is 0 Å². The number of fused-ring (bicyclic) bond motifs is 1. The van der Waals surface area contributed by atoms with E-state index < -0.39 is 0 Å². The number of rotatable bonds is 6. The molecule has 0 fully saturated rings. The number of nitrogens with one attached hydrogen (secondary N) is 2. The van der Waals surface area contributed by atoms with Crippen LogP contribution in [-0.4, -0.2) is 34.7 Å². The Morgan fingerprint density at radius 1 is 1.29 bits per heavy atom. The van der Waals surface area contributed by atoms with Crippen molar-refractivity contribution >= 4 is 0 Å². The van der Waals surface area contributed by atoms with E-state index in [1.165, 1.54) is 42.6 Å². The summed E-state index contributed by atoms with van der Waals surface area (Å²) in [4.78, 5) is 2.56. The largest absolute Gasteiger partial charge is 0.312 e. The van der Waals surface area contributed by atoms with Gasteiger partial charge in [-0.3, -0.25) is 10.00 Å². The Balaban J connectivity index is 1.36. The minimum Gasteiger partial charge on any atom is -0.312 e. The lowest BCUT2D eigenvalue weighted by atomic mass is 10.00. The van der Waals surface area contributed by atoms with Crippen molar-refractivity contribution in [1.82, 2.24) is 20.4 Å². The third-order valence-electron chi connectivity index (χ3n) is 4.29. The second-order valence-corrected chi connectivity index (χ2v) is 5.85. The van der Waals surface area contributed by atoms with Gasteiger partial charge in [-0.15, -0.1) is 0 Å². The average Bonchev–Trinajstić information content (AvgIpc) is 2.92. The van der Waals surface area contributed by atoms with Crippen molar-refractivity contribution in [3.05, 3.63) is 52.8 Å². The van der Waals surface area contributed by atoms with Gasteiger partial charge >= 0.3 is 0 Å². The second-order valence-electron chi connectivity index (χ2n) is 5.85. The molecule has 2 aromatic rings. The summed E-state index contributed by atoms with van der Waals surface area (Å²) < 4.78 is 0. The van der Waals surface area contributed by atoms with Crippen LogP contribution in [0.4, 0.5) is 0 Å². The smallest absolute Gasteiger partial charge is 0.0535 e. The van der Waals surface area contributed by atoms with E-state index in [2.05, 4.69) is 51.6 Å². The van der Waals surface area contributed by atoms with Gasteiger partial charge in [0.05, 0.1) is 6.20 Å². The molecule has 112 valence electrons. The molecule has 0 radical (unpaired) electrons. The molecular formula is C17H24N4. The van der Waals surface area contributed by atoms with Gasteiger partial charge in [0.15, 0.2) is 0 Å². The predicted molar refractivity (Wildman–Crippen MR) is 85.1 cm³/mol. The molecule has 3 rings (SSSR count). The number of hydrogen-bond donors (Lipinski definition) is 2. The highest BCUT2D eigenvalue weighted by Crippen LogP contribution is 2.18. The molecule has 1 aliphatic rings. The molecule has 0 saturated heterocycles. The lowest BCUT2D eigenvalue weighted by molar-refractivity contribution is 0.250. The zero-order valence-electron chi connectivity index (χ0n) is 12.7. The molecule has 21 heavy (non-hydrogen) atoms. The lowest BCUT2D eigenvalue weighted by Gasteiger charge is -2.28. The maximum absolute atomic E-state index is 4.04. The zero-order valence-corrected chi connectivity index (χ0v) is 12.7. The topological polar surface area (TPSA) is 44.0 Å². The van der Waals surface area contributed by atoms with Gasteiger partial charge in [0.2, 0.25) is 0 Å². The molecule has 0 spiro atoms. The van der Waals surface area contributed by atoms with E-state index in [1.54, 1.807) is 0 Å². The lowest BCUT2D eigenvalue weighted by Crippen LogP contribution is -2.32. The van der Waals surface area contributed by atoms with Crippen molar-refractivity contribution < 1.29 is 0 Å². The Morgan fingerprint density at radius 3 is 2.95 bits per heavy atom. The highest BCUT2D eigenvalue weighted by atomic mass is 15.1. The van der Waals surface area contributed by atoms with Gasteiger partial charge in [-0.2, -0.15) is 5.10 Å². The van der Waals surface area contributed by atoms with E-state index in [1.807, 2.05) is 6.20 Å². The second kappa shape index (κ2) is 6.87. The Morgan fingerprint density at radius 2 is 2.14 bits per heavy atom. The van der Waals surface area contributed by atoms with Crippen LogP contribution in [0.15, 0.2) is 30.5 Å². The molecule has 1 aromatic carbocycles. The van der Waals surface area contributed by atoms with Gasteiger partial charge in [-0.05, 0) is 44.0 Å². The maximum Gasteiger partial charge on any atom is 0.0535 e. The highest BCUT2D eigenvalue weighted by molar-refractivity contribution is 5.29. The van der Waals surface area contributed by atoms with Crippen molar-refractivity contribution in [2.45, 2.75) is 32.9 Å². The normalized spacial score (nSPS) is 15.1. The van der Waals surface area contributed by atoms with Crippen molar-refractivity contribution in [2.24, 2.45) is 0 Å². The number of aromatic nitrogens is 2. The summed E-state index contributed by atoms with van der Waals surface area (Å²) in [6.07, 6.45) is 4.29. The van der Waals surface area contributed by atoms with E-state index in [0.717, 1.165) is 25.3 Å². The van der Waals surface area contributed by atoms with Crippen molar-refractivity contribution in [3.8, 4) is 0 Å². The predicted octanol–water partition coefficient (Wildman–Crippen LogP) is 2.26. The van der Waals surface area contributed by atoms with Gasteiger partial charge in [-0.25, -0.2) is 0 Å². The molecule has 2 heterocycles. The van der Waals surface area contributed by atoms with Crippen LogP contribution in [0.2, 0.25) is 0 Å². The fourth-order valence-electron chi connectivity index (χ4n) is 2.95. The van der Waals surface area contributed by atoms with Crippen LogP contribution in [0, 0.1) is 6.92 Å². The number of aryl methyl sites for hydroxylation is 1. The van der Waals surface area contributed by atoms with Gasteiger partial charge in [0, 0.05) is 30.9 Å². The highest BCUT2D eigenvalue weighted by Gasteiger charge is 2.14. The van der Waals surface area contributed by atoms with Crippen molar-refractivity contribution in [2.75, 3.05) is 19.6 Å². The number of benzene rings is 1. The van der Waals surface area contributed by atoms with Crippen LogP contribution in [0.1, 0.15) is 28.8 Å². The third kappa shape index (κ3) is 3.71. The average molecular weight is 284 g/mol. The third-order valence-corrected chi connectivity index (χ3v) is 4.29. The number of aromatic amines is 1. The summed E-state index contributed by atoms with van der Waals surface area (Å²) in [7, 11) is 0. The standard InChI is InChI=1S/C17H24N4/c1-14-17(12-19-20-14)11-18-8-4-9-21-10-7-15-5-2-3-6-16(15)13-21/h2-3,5-6,12,18H,4,7-11,13H2,1H3,(H,19,20). The summed E-state index contributed by atoms with van der Waals surface area (Å²) in [6, 6.07) is 8.83. The molecule has 0 aliphatic carbocycles. The minimum atomic E-state index is 0.908. The molecule has 0 atom stereocenters. The van der Waals surface area contributed by atoms with Gasteiger partial charge in [-0.1, -0.05) is 24.3 Å². The molecule has 0 unspecified atom stereocenters. The number of hydrogen-bond acceptors (Lipinski definition) is 3. The first kappa shape index (κ1) is 14.3. The summed E-state index contributed by atoms with van der Waals surface area (Å²) in [6.45, 7) is 7.50. The summed E-state index contributed by atoms with van der Waals surface area (Å²) in [5.74, 6) is 0. The fraction of sp³-hybridized carbons (Fsp3) is 0.471. The Hall–Kier alpha value is -1.65. The van der Waals surface area contributed by atoms with Gasteiger partial charge in [0.25, 0.3) is 0 Å². The van der Waals surface area contributed by atoms with E-state index in [-0.39, 0.29) is 0 Å². The van der Waals surface area contributed by atoms with Crippen LogP contribution in [0.5, 0.6) is 0 Å². The molecule has 0 amide bonds. The molecule has 1 aliphatic heterocycles. The summed E-state index contributed by atoms with van der Waals surface area (Å²) in [5, 5.41) is 10.5. The molecule has 4 nitrogen and oxygen atoms in total. The van der Waals surface area contributed by atoms with Crippen LogP contribution in [0.25, 0.3) is 0 Å². The molecule has 0 saturated carbocycles. The molecular weight excluding hydrogens is 260 g/mol. The quantitative estimate of drug-likeness (QED) is 0.800. The zero-order chi connectivity index (χ0) is 14.5. The first-order chi connectivity index (χ1) is 10.3. The van der Waals surface area contributed by atoms with Gasteiger partial charge < -0.3 is 5.32 Å². The number of nitrogens with zero attached hydrogens (tertiary/aromatic N) is 2. The monoisotopic (exact) mass is 284 g/mol. The van der Waals surface area contributed by atoms with Crippen LogP contribution in [-0.2, 0) is 19.5 Å². The summed E-state index contributed by atoms with van der Waals surface area (Å²) in [5.41, 5.74) is 5.46. The molecule has 1 aromatic heterocycles. The van der Waals surface area contributed by atoms with Gasteiger partial charge in [0.1, 0.15) is 0 Å². The number of H-pyrrole nitrogens is 1. The molecule has 4 heteroatoms. The summed E-state index contributed by atoms with van der Waals surface area (Å²) >= 11 is 0. The van der Waals surface area contributed by atoms with E-state index in [0.29, 0.717) is 0 Å². The Bertz CT molecular complexity index is 576. The first-order valence-electron chi connectivity index (χ1n) is 7.81. The first-order valence-corrected chi connectivity index (χ1v) is 7.81. The maximum atomic E-state index is 4.04. The van der Waals surface area contributed by atoms with Crippen LogP contribution < -0.4 is 5.32 Å². The van der Waals surface area contributed by atoms with Crippen LogP contribution in [0.3, 0.4) is 0 Å². The SMILES string of the molecule is Cc1[nH]ncc1CNCCCN1CCc2ccccc2C1. The van der Waals surface area contributed by atoms with E-state index >= 15 is 0 Å². The van der Waals surface area contributed by atoms with E-state index in [4.69, 9.17) is 0 Å². The molecule has 0 bridgehead atoms. The minimum absolute atomic E-state index is 0.908. The fourth-order valence-corrected chi connectivity index (χ4v) is 2.95. The van der Waals surface area contributed by atoms with E-state index in [9.17, 15) is 0 Å². The Labute approximate surface area is 126 Å². The van der Waals surface area contributed by atoms with Crippen molar-refractivity contribution in [1.29, 1.82) is 0 Å². The van der Waals surface area contributed by atoms with Crippen molar-refractivity contribution in [3.63, 3.8) is 0 Å².